The van der Waals surface area contributed by atoms with Gasteiger partial charge in [-0.1, -0.05) is 29.5 Å². The molecular weight excluding hydrogens is 388 g/mol. The number of sulfonamides is 1. The van der Waals surface area contributed by atoms with Gasteiger partial charge in [0.2, 0.25) is 0 Å². The van der Waals surface area contributed by atoms with Crippen LogP contribution in [0.15, 0.2) is 53.4 Å². The lowest BCUT2D eigenvalue weighted by Crippen LogP contribution is -2.31. The number of carbonyl (C=O) groups excluding carboxylic acids is 1. The van der Waals surface area contributed by atoms with Gasteiger partial charge in [0, 0.05) is 19.3 Å². The van der Waals surface area contributed by atoms with Crippen LogP contribution in [0.25, 0.3) is 10.2 Å². The summed E-state index contributed by atoms with van der Waals surface area (Å²) in [6, 6.07) is 12.9. The van der Waals surface area contributed by atoms with Gasteiger partial charge in [0.25, 0.3) is 10.0 Å². The van der Waals surface area contributed by atoms with Crippen molar-refractivity contribution >= 4 is 48.4 Å². The SMILES string of the molecule is COCCNC(=O)Nc1ccc2sc(NS(=O)(=O)c3ccccc3)nc2c1. The molecule has 0 aliphatic rings. The summed E-state index contributed by atoms with van der Waals surface area (Å²) in [5.74, 6) is 0. The van der Waals surface area contributed by atoms with Crippen molar-refractivity contribution in [3.05, 3.63) is 48.5 Å². The van der Waals surface area contributed by atoms with Gasteiger partial charge >= 0.3 is 6.03 Å². The average molecular weight is 406 g/mol. The molecule has 10 heteroatoms. The van der Waals surface area contributed by atoms with Crippen LogP contribution in [-0.2, 0) is 14.8 Å². The highest BCUT2D eigenvalue weighted by Crippen LogP contribution is 2.29. The zero-order valence-corrected chi connectivity index (χ0v) is 16.1. The number of urea groups is 1. The van der Waals surface area contributed by atoms with Gasteiger partial charge < -0.3 is 15.4 Å². The number of nitrogens with one attached hydrogen (secondary N) is 3. The van der Waals surface area contributed by atoms with E-state index in [1.54, 1.807) is 43.5 Å². The van der Waals surface area contributed by atoms with Crippen LogP contribution in [0.3, 0.4) is 0 Å². The van der Waals surface area contributed by atoms with Crippen molar-refractivity contribution in [2.24, 2.45) is 0 Å². The normalized spacial score (nSPS) is 11.3. The number of amides is 2. The zero-order valence-electron chi connectivity index (χ0n) is 14.4. The maximum Gasteiger partial charge on any atom is 0.319 e. The molecular formula is C17H18N4O4S2. The maximum atomic E-state index is 12.4. The predicted molar refractivity (Wildman–Crippen MR) is 106 cm³/mol. The number of nitrogens with zero attached hydrogens (tertiary/aromatic N) is 1. The Morgan fingerprint density at radius 3 is 2.70 bits per heavy atom. The minimum Gasteiger partial charge on any atom is -0.383 e. The predicted octanol–water partition coefficient (Wildman–Crippen LogP) is 2.87. The number of fused-ring (bicyclic) bond motifs is 1. The fourth-order valence-electron chi connectivity index (χ4n) is 2.26. The first-order chi connectivity index (χ1) is 13.0. The van der Waals surface area contributed by atoms with Gasteiger partial charge in [-0.15, -0.1) is 0 Å². The molecule has 0 aliphatic carbocycles. The monoisotopic (exact) mass is 406 g/mol. The molecule has 3 N–H and O–H groups in total. The number of hydrogen-bond donors (Lipinski definition) is 3. The quantitative estimate of drug-likeness (QED) is 0.523. The van der Waals surface area contributed by atoms with Crippen LogP contribution >= 0.6 is 11.3 Å². The minimum absolute atomic E-state index is 0.166. The van der Waals surface area contributed by atoms with Gasteiger partial charge in [-0.2, -0.15) is 0 Å². The fraction of sp³-hybridized carbons (Fsp3) is 0.176. The largest absolute Gasteiger partial charge is 0.383 e. The standard InChI is InChI=1S/C17H18N4O4S2/c1-25-10-9-18-16(22)19-12-7-8-15-14(11-12)20-17(26-15)21-27(23,24)13-5-3-2-4-6-13/h2-8,11H,9-10H2,1H3,(H,20,21)(H2,18,19,22). The van der Waals surface area contributed by atoms with E-state index in [1.165, 1.54) is 23.5 Å². The molecule has 1 aromatic heterocycles. The molecule has 0 saturated carbocycles. The Morgan fingerprint density at radius 1 is 1.19 bits per heavy atom. The Balaban J connectivity index is 1.73. The second-order valence-corrected chi connectivity index (χ2v) is 8.21. The van der Waals surface area contributed by atoms with Gasteiger partial charge in [0.1, 0.15) is 0 Å². The molecule has 0 bridgehead atoms. The average Bonchev–Trinajstić information content (AvgIpc) is 3.03. The minimum atomic E-state index is -3.70. The molecule has 142 valence electrons. The number of rotatable bonds is 7. The zero-order chi connectivity index (χ0) is 19.3. The Bertz CT molecular complexity index is 1040. The lowest BCUT2D eigenvalue weighted by atomic mass is 10.3. The van der Waals surface area contributed by atoms with E-state index in [4.69, 9.17) is 4.74 Å². The van der Waals surface area contributed by atoms with E-state index in [-0.39, 0.29) is 16.1 Å². The third kappa shape index (κ3) is 4.94. The van der Waals surface area contributed by atoms with Crippen LogP contribution < -0.4 is 15.4 Å². The lowest BCUT2D eigenvalue weighted by Gasteiger charge is -2.06. The summed E-state index contributed by atoms with van der Waals surface area (Å²) in [6.07, 6.45) is 0. The van der Waals surface area contributed by atoms with E-state index in [0.717, 1.165) is 4.70 Å². The summed E-state index contributed by atoms with van der Waals surface area (Å²) in [5.41, 5.74) is 1.14. The molecule has 0 unspecified atom stereocenters. The molecule has 27 heavy (non-hydrogen) atoms. The summed E-state index contributed by atoms with van der Waals surface area (Å²) >= 11 is 1.22. The van der Waals surface area contributed by atoms with Crippen molar-refractivity contribution in [1.82, 2.24) is 10.3 Å². The van der Waals surface area contributed by atoms with Crippen LogP contribution in [-0.4, -0.2) is 39.7 Å². The van der Waals surface area contributed by atoms with E-state index in [9.17, 15) is 13.2 Å². The first-order valence-electron chi connectivity index (χ1n) is 8.00. The van der Waals surface area contributed by atoms with Gasteiger partial charge in [-0.3, -0.25) is 4.72 Å². The summed E-state index contributed by atoms with van der Waals surface area (Å²) in [7, 11) is -2.14. The number of carbonyl (C=O) groups is 1. The molecule has 3 aromatic rings. The Morgan fingerprint density at radius 2 is 1.96 bits per heavy atom. The number of benzene rings is 2. The van der Waals surface area contributed by atoms with Crippen LogP contribution in [0.2, 0.25) is 0 Å². The topological polar surface area (TPSA) is 109 Å². The van der Waals surface area contributed by atoms with Gasteiger partial charge in [-0.05, 0) is 30.3 Å². The van der Waals surface area contributed by atoms with Crippen LogP contribution in [0, 0.1) is 0 Å². The van der Waals surface area contributed by atoms with E-state index in [0.29, 0.717) is 24.4 Å². The van der Waals surface area contributed by atoms with E-state index in [1.807, 2.05) is 0 Å². The van der Waals surface area contributed by atoms with Crippen molar-refractivity contribution in [3.63, 3.8) is 0 Å². The van der Waals surface area contributed by atoms with Crippen molar-refractivity contribution in [2.75, 3.05) is 30.3 Å². The van der Waals surface area contributed by atoms with Crippen LogP contribution in [0.1, 0.15) is 0 Å². The number of ether oxygens (including phenoxy) is 1. The van der Waals surface area contributed by atoms with Crippen molar-refractivity contribution < 1.29 is 17.9 Å². The summed E-state index contributed by atoms with van der Waals surface area (Å²) in [4.78, 5) is 16.3. The second kappa shape index (κ2) is 8.33. The van der Waals surface area contributed by atoms with Crippen molar-refractivity contribution in [1.29, 1.82) is 0 Å². The number of thiazole rings is 1. The Kier molecular flexibility index (Phi) is 5.89. The number of hydrogen-bond acceptors (Lipinski definition) is 6. The molecule has 0 spiro atoms. The van der Waals surface area contributed by atoms with E-state index < -0.39 is 10.0 Å². The molecule has 0 saturated heterocycles. The molecule has 3 rings (SSSR count). The van der Waals surface area contributed by atoms with Gasteiger partial charge in [0.05, 0.1) is 21.7 Å². The molecule has 2 aromatic carbocycles. The molecule has 0 atom stereocenters. The summed E-state index contributed by atoms with van der Waals surface area (Å²) in [6.45, 7) is 0.816. The van der Waals surface area contributed by atoms with Gasteiger partial charge in [0.15, 0.2) is 5.13 Å². The lowest BCUT2D eigenvalue weighted by molar-refractivity contribution is 0.198. The molecule has 2 amide bonds. The number of aromatic nitrogens is 1. The Labute approximate surface area is 160 Å². The first kappa shape index (κ1) is 19.1. The maximum absolute atomic E-state index is 12.4. The third-order valence-electron chi connectivity index (χ3n) is 3.51. The second-order valence-electron chi connectivity index (χ2n) is 5.49. The summed E-state index contributed by atoms with van der Waals surface area (Å²) < 4.78 is 32.9. The van der Waals surface area contributed by atoms with E-state index >= 15 is 0 Å². The molecule has 0 radical (unpaired) electrons. The molecule has 0 fully saturated rings. The molecule has 0 aliphatic heterocycles. The Hall–Kier alpha value is -2.69. The highest BCUT2D eigenvalue weighted by Gasteiger charge is 2.16. The fourth-order valence-corrected chi connectivity index (χ4v) is 4.37. The smallest absolute Gasteiger partial charge is 0.319 e. The van der Waals surface area contributed by atoms with Crippen LogP contribution in [0.5, 0.6) is 0 Å². The molecule has 1 heterocycles. The van der Waals surface area contributed by atoms with Gasteiger partial charge in [-0.25, -0.2) is 18.2 Å². The third-order valence-corrected chi connectivity index (χ3v) is 5.95. The van der Waals surface area contributed by atoms with Crippen molar-refractivity contribution in [3.8, 4) is 0 Å². The van der Waals surface area contributed by atoms with Crippen LogP contribution in [0.4, 0.5) is 15.6 Å². The summed E-state index contributed by atoms with van der Waals surface area (Å²) in [5, 5.41) is 5.61. The first-order valence-corrected chi connectivity index (χ1v) is 10.3. The number of methoxy groups -OCH3 is 1. The molecule has 8 nitrogen and oxygen atoms in total. The number of anilines is 2. The highest BCUT2D eigenvalue weighted by molar-refractivity contribution is 7.93. The highest BCUT2D eigenvalue weighted by atomic mass is 32.2. The van der Waals surface area contributed by atoms with Crippen molar-refractivity contribution in [2.45, 2.75) is 4.90 Å². The van der Waals surface area contributed by atoms with E-state index in [2.05, 4.69) is 20.3 Å².